The van der Waals surface area contributed by atoms with Crippen molar-refractivity contribution in [2.24, 2.45) is 5.10 Å². The minimum Gasteiger partial charge on any atom is -0.489 e. The van der Waals surface area contributed by atoms with Crippen molar-refractivity contribution in [1.29, 1.82) is 0 Å². The van der Waals surface area contributed by atoms with Crippen LogP contribution in [0.5, 0.6) is 5.75 Å². The number of carbonyl (C=O) groups is 2. The van der Waals surface area contributed by atoms with E-state index in [0.717, 1.165) is 10.0 Å². The second kappa shape index (κ2) is 12.4. The Bertz CT molecular complexity index is 1120. The van der Waals surface area contributed by atoms with Crippen molar-refractivity contribution in [3.05, 3.63) is 113 Å². The van der Waals surface area contributed by atoms with Gasteiger partial charge in [-0.25, -0.2) is 5.43 Å². The van der Waals surface area contributed by atoms with Gasteiger partial charge in [-0.2, -0.15) is 5.10 Å². The van der Waals surface area contributed by atoms with Gasteiger partial charge in [-0.15, -0.1) is 0 Å². The van der Waals surface area contributed by atoms with Gasteiger partial charge in [0.05, 0.1) is 18.7 Å². The molecule has 3 rings (SSSR count). The molecule has 1 atom stereocenters. The number of hydrazone groups is 1. The number of benzene rings is 3. The quantitative estimate of drug-likeness (QED) is 0.230. The molecule has 168 valence electrons. The lowest BCUT2D eigenvalue weighted by molar-refractivity contribution is -0.121. The maximum atomic E-state index is 12.7. The molecule has 0 aliphatic rings. The lowest BCUT2D eigenvalue weighted by atomic mass is 10.0. The van der Waals surface area contributed by atoms with E-state index in [9.17, 15) is 9.59 Å². The maximum absolute atomic E-state index is 12.7. The fourth-order valence-electron chi connectivity index (χ4n) is 3.07. The Labute approximate surface area is 201 Å². The van der Waals surface area contributed by atoms with Crippen LogP contribution >= 0.6 is 15.9 Å². The van der Waals surface area contributed by atoms with Crippen molar-refractivity contribution in [3.8, 4) is 5.75 Å². The summed E-state index contributed by atoms with van der Waals surface area (Å²) in [5.74, 6) is 0.0318. The fraction of sp³-hybridized carbons (Fsp3) is 0.115. The van der Waals surface area contributed by atoms with Gasteiger partial charge in [-0.05, 0) is 35.9 Å². The van der Waals surface area contributed by atoms with Crippen molar-refractivity contribution < 1.29 is 14.3 Å². The summed E-state index contributed by atoms with van der Waals surface area (Å²) < 4.78 is 6.47. The van der Waals surface area contributed by atoms with Crippen molar-refractivity contribution in [2.75, 3.05) is 6.61 Å². The molecule has 0 heterocycles. The van der Waals surface area contributed by atoms with Gasteiger partial charge in [0.15, 0.2) is 0 Å². The highest BCUT2D eigenvalue weighted by Gasteiger charge is 2.19. The highest BCUT2D eigenvalue weighted by Crippen LogP contribution is 2.22. The van der Waals surface area contributed by atoms with Crippen LogP contribution in [0, 0.1) is 0 Å². The first kappa shape index (κ1) is 23.9. The standard InChI is InChI=1S/C26H24BrN3O3/c1-2-15-33-24-14-13-22(27)16-21(24)18-28-30-25(31)17-23(19-9-5-3-6-10-19)29-26(32)20-11-7-4-8-12-20/h2-14,16,18,23H,1,15,17H2,(H,29,32)(H,30,31)/b28-18-/t23-/m0/s1. The summed E-state index contributed by atoms with van der Waals surface area (Å²) in [6, 6.07) is 23.2. The highest BCUT2D eigenvalue weighted by atomic mass is 79.9. The van der Waals surface area contributed by atoms with Crippen LogP contribution in [-0.2, 0) is 4.79 Å². The highest BCUT2D eigenvalue weighted by molar-refractivity contribution is 9.10. The Morgan fingerprint density at radius 2 is 1.73 bits per heavy atom. The molecular weight excluding hydrogens is 482 g/mol. The molecule has 33 heavy (non-hydrogen) atoms. The molecule has 2 amide bonds. The first-order valence-corrected chi connectivity index (χ1v) is 11.1. The van der Waals surface area contributed by atoms with E-state index in [0.29, 0.717) is 23.5 Å². The van der Waals surface area contributed by atoms with Crippen molar-refractivity contribution >= 4 is 34.0 Å². The number of carbonyl (C=O) groups excluding carboxylic acids is 2. The molecular formula is C26H24BrN3O3. The third-order valence-electron chi connectivity index (χ3n) is 4.65. The van der Waals surface area contributed by atoms with E-state index in [-0.39, 0.29) is 18.2 Å². The molecule has 0 saturated heterocycles. The van der Waals surface area contributed by atoms with E-state index in [1.54, 1.807) is 36.4 Å². The second-order valence-electron chi connectivity index (χ2n) is 7.08. The summed E-state index contributed by atoms with van der Waals surface area (Å²) in [6.07, 6.45) is 3.19. The van der Waals surface area contributed by atoms with Crippen LogP contribution < -0.4 is 15.5 Å². The Kier molecular flexibility index (Phi) is 8.97. The maximum Gasteiger partial charge on any atom is 0.251 e. The Hall–Kier alpha value is -3.71. The van der Waals surface area contributed by atoms with Crippen molar-refractivity contribution in [2.45, 2.75) is 12.5 Å². The van der Waals surface area contributed by atoms with Crippen LogP contribution in [0.1, 0.15) is 33.9 Å². The van der Waals surface area contributed by atoms with Gasteiger partial charge in [-0.3, -0.25) is 9.59 Å². The summed E-state index contributed by atoms with van der Waals surface area (Å²) in [5.41, 5.74) is 4.59. The van der Waals surface area contributed by atoms with E-state index in [2.05, 4.69) is 38.4 Å². The lowest BCUT2D eigenvalue weighted by Gasteiger charge is -2.18. The number of halogens is 1. The monoisotopic (exact) mass is 505 g/mol. The molecule has 0 aromatic heterocycles. The molecule has 0 bridgehead atoms. The number of nitrogens with zero attached hydrogens (tertiary/aromatic N) is 1. The van der Waals surface area contributed by atoms with Gasteiger partial charge in [-0.1, -0.05) is 77.1 Å². The largest absolute Gasteiger partial charge is 0.489 e. The minimum absolute atomic E-state index is 0.0260. The van der Waals surface area contributed by atoms with Gasteiger partial charge in [0, 0.05) is 15.6 Å². The molecule has 0 radical (unpaired) electrons. The van der Waals surface area contributed by atoms with Crippen LogP contribution in [0.4, 0.5) is 0 Å². The molecule has 3 aromatic carbocycles. The topological polar surface area (TPSA) is 79.8 Å². The molecule has 0 spiro atoms. The molecule has 7 heteroatoms. The third kappa shape index (κ3) is 7.43. The Morgan fingerprint density at radius 1 is 1.03 bits per heavy atom. The summed E-state index contributed by atoms with van der Waals surface area (Å²) in [6.45, 7) is 4.00. The van der Waals surface area contributed by atoms with Crippen LogP contribution in [0.25, 0.3) is 0 Å². The molecule has 0 aliphatic heterocycles. The predicted molar refractivity (Wildman–Crippen MR) is 133 cm³/mol. The van der Waals surface area contributed by atoms with E-state index in [4.69, 9.17) is 4.74 Å². The van der Waals surface area contributed by atoms with Crippen LogP contribution in [0.2, 0.25) is 0 Å². The number of nitrogens with one attached hydrogen (secondary N) is 2. The van der Waals surface area contributed by atoms with Crippen molar-refractivity contribution in [1.82, 2.24) is 10.7 Å². The number of hydrogen-bond acceptors (Lipinski definition) is 4. The Balaban J connectivity index is 1.68. The van der Waals surface area contributed by atoms with Gasteiger partial charge < -0.3 is 10.1 Å². The van der Waals surface area contributed by atoms with Crippen molar-refractivity contribution in [3.63, 3.8) is 0 Å². The first-order chi connectivity index (χ1) is 16.1. The third-order valence-corrected chi connectivity index (χ3v) is 5.15. The van der Waals surface area contributed by atoms with E-state index >= 15 is 0 Å². The molecule has 2 N–H and O–H groups in total. The van der Waals surface area contributed by atoms with Gasteiger partial charge in [0.25, 0.3) is 5.91 Å². The lowest BCUT2D eigenvalue weighted by Crippen LogP contribution is -2.32. The van der Waals surface area contributed by atoms with Gasteiger partial charge in [0.2, 0.25) is 5.91 Å². The first-order valence-electron chi connectivity index (χ1n) is 10.3. The molecule has 6 nitrogen and oxygen atoms in total. The average molecular weight is 506 g/mol. The number of amides is 2. The van der Waals surface area contributed by atoms with Crippen LogP contribution in [0.3, 0.4) is 0 Å². The number of hydrogen-bond donors (Lipinski definition) is 2. The summed E-state index contributed by atoms with van der Waals surface area (Å²) >= 11 is 3.42. The van der Waals surface area contributed by atoms with E-state index in [1.165, 1.54) is 6.21 Å². The van der Waals surface area contributed by atoms with Crippen LogP contribution in [0.15, 0.2) is 101 Å². The summed E-state index contributed by atoms with van der Waals surface area (Å²) in [4.78, 5) is 25.3. The van der Waals surface area contributed by atoms with Gasteiger partial charge in [0.1, 0.15) is 12.4 Å². The second-order valence-corrected chi connectivity index (χ2v) is 8.00. The smallest absolute Gasteiger partial charge is 0.251 e. The van der Waals surface area contributed by atoms with E-state index in [1.807, 2.05) is 48.5 Å². The molecule has 0 aliphatic carbocycles. The van der Waals surface area contributed by atoms with E-state index < -0.39 is 6.04 Å². The average Bonchev–Trinajstić information content (AvgIpc) is 2.84. The zero-order valence-electron chi connectivity index (χ0n) is 17.9. The predicted octanol–water partition coefficient (Wildman–Crippen LogP) is 5.03. The summed E-state index contributed by atoms with van der Waals surface area (Å²) in [7, 11) is 0. The molecule has 0 fully saturated rings. The number of rotatable bonds is 10. The summed E-state index contributed by atoms with van der Waals surface area (Å²) in [5, 5.41) is 7.01. The molecule has 0 unspecified atom stereocenters. The molecule has 0 saturated carbocycles. The zero-order valence-corrected chi connectivity index (χ0v) is 19.5. The van der Waals surface area contributed by atoms with Gasteiger partial charge >= 0.3 is 0 Å². The molecule has 3 aromatic rings. The fourth-order valence-corrected chi connectivity index (χ4v) is 3.45. The normalized spacial score (nSPS) is 11.5. The zero-order chi connectivity index (χ0) is 23.5. The van der Waals surface area contributed by atoms with Crippen LogP contribution in [-0.4, -0.2) is 24.6 Å². The Morgan fingerprint density at radius 3 is 2.42 bits per heavy atom. The minimum atomic E-state index is -0.508. The number of ether oxygens (including phenoxy) is 1. The SMILES string of the molecule is C=CCOc1ccc(Br)cc1/C=N\NC(=O)C[C@H](NC(=O)c1ccccc1)c1ccccc1.